The number of thiophene rings is 1. The molecule has 0 saturated carbocycles. The van der Waals surface area contributed by atoms with Gasteiger partial charge in [0.25, 0.3) is 10.0 Å². The summed E-state index contributed by atoms with van der Waals surface area (Å²) in [6.45, 7) is 3.76. The van der Waals surface area contributed by atoms with Crippen molar-refractivity contribution < 1.29 is 22.7 Å². The minimum absolute atomic E-state index is 0.127. The molecule has 0 radical (unpaired) electrons. The molecular formula is C19H23NO5S2. The molecule has 0 amide bonds. The van der Waals surface area contributed by atoms with Crippen molar-refractivity contribution in [2.45, 2.75) is 44.4 Å². The molecule has 6 nitrogen and oxygen atoms in total. The lowest BCUT2D eigenvalue weighted by molar-refractivity contribution is 0.0526. The van der Waals surface area contributed by atoms with Crippen molar-refractivity contribution in [3.05, 3.63) is 39.8 Å². The molecule has 0 saturated heterocycles. The monoisotopic (exact) mass is 409 g/mol. The van der Waals surface area contributed by atoms with E-state index in [2.05, 4.69) is 4.72 Å². The topological polar surface area (TPSA) is 81.7 Å². The Labute approximate surface area is 163 Å². The molecule has 1 heterocycles. The largest absolute Gasteiger partial charge is 0.496 e. The van der Waals surface area contributed by atoms with Crippen LogP contribution in [0.1, 0.15) is 46.1 Å². The lowest BCUT2D eigenvalue weighted by Crippen LogP contribution is -2.16. The van der Waals surface area contributed by atoms with Crippen molar-refractivity contribution in [2.75, 3.05) is 18.4 Å². The minimum Gasteiger partial charge on any atom is -0.496 e. The molecule has 27 heavy (non-hydrogen) atoms. The van der Waals surface area contributed by atoms with E-state index in [1.54, 1.807) is 26.0 Å². The van der Waals surface area contributed by atoms with E-state index in [-0.39, 0.29) is 11.5 Å². The average molecular weight is 410 g/mol. The van der Waals surface area contributed by atoms with Crippen LogP contribution in [-0.2, 0) is 27.6 Å². The van der Waals surface area contributed by atoms with Crippen LogP contribution in [0.4, 0.5) is 5.00 Å². The Morgan fingerprint density at radius 3 is 2.67 bits per heavy atom. The normalized spacial score (nSPS) is 13.7. The molecule has 1 N–H and O–H groups in total. The van der Waals surface area contributed by atoms with Gasteiger partial charge in [-0.05, 0) is 68.9 Å². The predicted octanol–water partition coefficient (Wildman–Crippen LogP) is 3.92. The third kappa shape index (κ3) is 3.96. The number of carbonyl (C=O) groups is 1. The summed E-state index contributed by atoms with van der Waals surface area (Å²) in [5, 5.41) is 0.342. The summed E-state index contributed by atoms with van der Waals surface area (Å²) in [7, 11) is -2.30. The van der Waals surface area contributed by atoms with Gasteiger partial charge in [-0.25, -0.2) is 13.2 Å². The van der Waals surface area contributed by atoms with Crippen LogP contribution >= 0.6 is 11.3 Å². The molecule has 0 unspecified atom stereocenters. The van der Waals surface area contributed by atoms with Crippen LogP contribution in [-0.4, -0.2) is 28.1 Å². The van der Waals surface area contributed by atoms with E-state index >= 15 is 0 Å². The predicted molar refractivity (Wildman–Crippen MR) is 105 cm³/mol. The third-order valence-corrected chi connectivity index (χ3v) is 7.24. The fourth-order valence-electron chi connectivity index (χ4n) is 3.26. The van der Waals surface area contributed by atoms with Crippen molar-refractivity contribution in [2.24, 2.45) is 0 Å². The second-order valence-electron chi connectivity index (χ2n) is 6.37. The molecule has 1 aromatic heterocycles. The first-order valence-corrected chi connectivity index (χ1v) is 11.2. The Balaban J connectivity index is 2.00. The fraction of sp³-hybridized carbons (Fsp3) is 0.421. The first-order chi connectivity index (χ1) is 12.9. The van der Waals surface area contributed by atoms with Crippen LogP contribution in [0.5, 0.6) is 5.75 Å². The van der Waals surface area contributed by atoms with Crippen LogP contribution in [0.25, 0.3) is 0 Å². The number of hydrogen-bond donors (Lipinski definition) is 1. The van der Waals surface area contributed by atoms with E-state index in [9.17, 15) is 13.2 Å². The smallest absolute Gasteiger partial charge is 0.341 e. The zero-order valence-corrected chi connectivity index (χ0v) is 17.3. The number of nitrogens with one attached hydrogen (secondary N) is 1. The fourth-order valence-corrected chi connectivity index (χ4v) is 5.92. The van der Waals surface area contributed by atoms with Crippen molar-refractivity contribution in [1.82, 2.24) is 0 Å². The van der Waals surface area contributed by atoms with Gasteiger partial charge >= 0.3 is 5.97 Å². The standard InChI is InChI=1S/C19H23NO5S2/c1-4-25-19(21)17-14-7-5-6-8-16(14)26-18(17)20-27(22,23)13-9-10-15(24-3)12(2)11-13/h9-11,20H,4-8H2,1-3H3. The molecule has 8 heteroatoms. The van der Waals surface area contributed by atoms with Crippen LogP contribution in [0.15, 0.2) is 23.1 Å². The van der Waals surface area contributed by atoms with Crippen LogP contribution in [0.2, 0.25) is 0 Å². The number of anilines is 1. The Bertz CT molecular complexity index is 963. The van der Waals surface area contributed by atoms with E-state index < -0.39 is 16.0 Å². The van der Waals surface area contributed by atoms with Gasteiger partial charge in [-0.3, -0.25) is 4.72 Å². The maximum atomic E-state index is 12.9. The lowest BCUT2D eigenvalue weighted by atomic mass is 9.95. The van der Waals surface area contributed by atoms with E-state index in [1.807, 2.05) is 0 Å². The number of carbonyl (C=O) groups excluding carboxylic acids is 1. The molecule has 0 bridgehead atoms. The highest BCUT2D eigenvalue weighted by Gasteiger charge is 2.29. The molecule has 0 aliphatic heterocycles. The Morgan fingerprint density at radius 2 is 2.00 bits per heavy atom. The van der Waals surface area contributed by atoms with Gasteiger partial charge in [0.15, 0.2) is 0 Å². The number of methoxy groups -OCH3 is 1. The average Bonchev–Trinajstić information content (AvgIpc) is 2.98. The van der Waals surface area contributed by atoms with Crippen molar-refractivity contribution >= 4 is 32.3 Å². The second-order valence-corrected chi connectivity index (χ2v) is 9.16. The Hall–Kier alpha value is -2.06. The summed E-state index contributed by atoms with van der Waals surface area (Å²) < 4.78 is 38.8. The Kier molecular flexibility index (Phi) is 5.76. The SMILES string of the molecule is CCOC(=O)c1c(NS(=O)(=O)c2ccc(OC)c(C)c2)sc2c1CCCC2. The maximum Gasteiger partial charge on any atom is 0.341 e. The highest BCUT2D eigenvalue weighted by Crippen LogP contribution is 2.39. The molecule has 146 valence electrons. The number of ether oxygens (including phenoxy) is 2. The molecule has 0 fully saturated rings. The van der Waals surface area contributed by atoms with Gasteiger partial charge in [0.1, 0.15) is 10.8 Å². The zero-order chi connectivity index (χ0) is 19.6. The summed E-state index contributed by atoms with van der Waals surface area (Å²) in [4.78, 5) is 13.7. The number of hydrogen-bond acceptors (Lipinski definition) is 6. The van der Waals surface area contributed by atoms with E-state index in [1.165, 1.54) is 24.5 Å². The van der Waals surface area contributed by atoms with E-state index in [0.717, 1.165) is 41.7 Å². The first kappa shape index (κ1) is 19.7. The molecule has 1 aliphatic carbocycles. The molecule has 3 rings (SSSR count). The first-order valence-electron chi connectivity index (χ1n) is 8.86. The molecule has 1 aliphatic rings. The summed E-state index contributed by atoms with van der Waals surface area (Å²) in [6, 6.07) is 4.67. The van der Waals surface area contributed by atoms with Crippen LogP contribution in [0.3, 0.4) is 0 Å². The zero-order valence-electron chi connectivity index (χ0n) is 15.6. The van der Waals surface area contributed by atoms with Crippen molar-refractivity contribution in [1.29, 1.82) is 0 Å². The highest BCUT2D eigenvalue weighted by atomic mass is 32.2. The number of benzene rings is 1. The molecule has 2 aromatic rings. The molecule has 1 aromatic carbocycles. The summed E-state index contributed by atoms with van der Waals surface area (Å²) in [5.74, 6) is 0.147. The van der Waals surface area contributed by atoms with Crippen molar-refractivity contribution in [3.63, 3.8) is 0 Å². The van der Waals surface area contributed by atoms with Crippen molar-refractivity contribution in [3.8, 4) is 5.75 Å². The second kappa shape index (κ2) is 7.90. The number of rotatable bonds is 6. The summed E-state index contributed by atoms with van der Waals surface area (Å²) >= 11 is 1.33. The number of aryl methyl sites for hydroxylation is 2. The van der Waals surface area contributed by atoms with Gasteiger partial charge in [-0.15, -0.1) is 11.3 Å². The van der Waals surface area contributed by atoms with E-state index in [0.29, 0.717) is 16.3 Å². The quantitative estimate of drug-likeness (QED) is 0.731. The Morgan fingerprint density at radius 1 is 1.26 bits per heavy atom. The van der Waals surface area contributed by atoms with Gasteiger partial charge in [-0.2, -0.15) is 0 Å². The molecular weight excluding hydrogens is 386 g/mol. The number of fused-ring (bicyclic) bond motifs is 1. The van der Waals surface area contributed by atoms with Gasteiger partial charge in [0, 0.05) is 4.88 Å². The summed E-state index contributed by atoms with van der Waals surface area (Å²) in [6.07, 6.45) is 3.65. The number of esters is 1. The lowest BCUT2D eigenvalue weighted by Gasteiger charge is -2.13. The van der Waals surface area contributed by atoms with E-state index in [4.69, 9.17) is 9.47 Å². The highest BCUT2D eigenvalue weighted by molar-refractivity contribution is 7.93. The number of sulfonamides is 1. The van der Waals surface area contributed by atoms with Gasteiger partial charge < -0.3 is 9.47 Å². The maximum absolute atomic E-state index is 12.9. The minimum atomic E-state index is -3.83. The van der Waals surface area contributed by atoms with Crippen LogP contribution < -0.4 is 9.46 Å². The van der Waals surface area contributed by atoms with Gasteiger partial charge in [0.05, 0.1) is 24.2 Å². The van der Waals surface area contributed by atoms with Gasteiger partial charge in [0.2, 0.25) is 0 Å². The molecule has 0 spiro atoms. The van der Waals surface area contributed by atoms with Crippen LogP contribution in [0, 0.1) is 6.92 Å². The van der Waals surface area contributed by atoms with Gasteiger partial charge in [-0.1, -0.05) is 0 Å². The summed E-state index contributed by atoms with van der Waals surface area (Å²) in [5.41, 5.74) is 2.01. The molecule has 0 atom stereocenters. The third-order valence-electron chi connectivity index (χ3n) is 4.55.